The van der Waals surface area contributed by atoms with Crippen LogP contribution in [0, 0.1) is 13.8 Å². The van der Waals surface area contributed by atoms with E-state index in [9.17, 15) is 0 Å². The monoisotopic (exact) mass is 136 g/mol. The lowest BCUT2D eigenvalue weighted by Crippen LogP contribution is -2.07. The fraction of sp³-hybridized carbons (Fsp3) is 0.250. The van der Waals surface area contributed by atoms with Gasteiger partial charge in [-0.15, -0.1) is 0 Å². The smallest absolute Gasteiger partial charge is 0.0516 e. The van der Waals surface area contributed by atoms with Gasteiger partial charge >= 0.3 is 0 Å². The Morgan fingerprint density at radius 2 is 2.00 bits per heavy atom. The third-order valence-corrected chi connectivity index (χ3v) is 1.55. The van der Waals surface area contributed by atoms with Gasteiger partial charge in [-0.1, -0.05) is 12.1 Å². The summed E-state index contributed by atoms with van der Waals surface area (Å²) in [6.45, 7) is 4.06. The predicted molar refractivity (Wildman–Crippen MR) is 43.7 cm³/mol. The van der Waals surface area contributed by atoms with Crippen molar-refractivity contribution in [1.82, 2.24) is 0 Å². The molecule has 0 saturated heterocycles. The molecule has 0 aromatic heterocycles. The molecule has 0 aliphatic heterocycles. The van der Waals surface area contributed by atoms with E-state index in [0.717, 1.165) is 5.69 Å². The minimum atomic E-state index is 1.00. The molecule has 0 atom stereocenters. The van der Waals surface area contributed by atoms with Crippen molar-refractivity contribution >= 4 is 5.69 Å². The van der Waals surface area contributed by atoms with Gasteiger partial charge in [-0.3, -0.25) is 5.84 Å². The van der Waals surface area contributed by atoms with Gasteiger partial charge in [0.25, 0.3) is 0 Å². The molecule has 0 amide bonds. The average molecular weight is 136 g/mol. The summed E-state index contributed by atoms with van der Waals surface area (Å²) in [6, 6.07) is 6.13. The molecular formula is C8H12N2. The van der Waals surface area contributed by atoms with Gasteiger partial charge in [0, 0.05) is 0 Å². The molecule has 2 heteroatoms. The summed E-state index contributed by atoms with van der Waals surface area (Å²) in [7, 11) is 0. The van der Waals surface area contributed by atoms with Gasteiger partial charge in [-0.25, -0.2) is 0 Å². The maximum atomic E-state index is 5.27. The quantitative estimate of drug-likeness (QED) is 0.454. The fourth-order valence-corrected chi connectivity index (χ4v) is 0.891. The number of nitrogen functional groups attached to an aromatic ring is 1. The highest BCUT2D eigenvalue weighted by molar-refractivity contribution is 5.51. The second-order valence-electron chi connectivity index (χ2n) is 2.46. The lowest BCUT2D eigenvalue weighted by atomic mass is 10.1. The van der Waals surface area contributed by atoms with Gasteiger partial charge in [0.15, 0.2) is 0 Å². The van der Waals surface area contributed by atoms with Crippen molar-refractivity contribution in [2.75, 3.05) is 5.43 Å². The van der Waals surface area contributed by atoms with Crippen LogP contribution in [-0.4, -0.2) is 0 Å². The molecule has 10 heavy (non-hydrogen) atoms. The summed E-state index contributed by atoms with van der Waals surface area (Å²) in [5, 5.41) is 0. The third kappa shape index (κ3) is 1.28. The van der Waals surface area contributed by atoms with E-state index in [1.165, 1.54) is 11.1 Å². The number of hydrogen-bond acceptors (Lipinski definition) is 2. The molecule has 1 aromatic carbocycles. The topological polar surface area (TPSA) is 38.0 Å². The summed E-state index contributed by atoms with van der Waals surface area (Å²) in [6.07, 6.45) is 0. The molecule has 3 N–H and O–H groups in total. The van der Waals surface area contributed by atoms with Crippen LogP contribution in [0.1, 0.15) is 11.1 Å². The zero-order valence-electron chi connectivity index (χ0n) is 6.31. The van der Waals surface area contributed by atoms with Crippen LogP contribution in [-0.2, 0) is 0 Å². The first-order chi connectivity index (χ1) is 4.74. The second kappa shape index (κ2) is 2.71. The average Bonchev–Trinajstić information content (AvgIpc) is 1.94. The highest BCUT2D eigenvalue weighted by atomic mass is 15.2. The van der Waals surface area contributed by atoms with E-state index in [1.54, 1.807) is 0 Å². The van der Waals surface area contributed by atoms with E-state index in [0.29, 0.717) is 0 Å². The molecule has 2 nitrogen and oxygen atoms in total. The maximum Gasteiger partial charge on any atom is 0.0516 e. The zero-order valence-corrected chi connectivity index (χ0v) is 6.31. The molecule has 0 saturated carbocycles. The van der Waals surface area contributed by atoms with Gasteiger partial charge in [0.05, 0.1) is 5.69 Å². The first-order valence-corrected chi connectivity index (χ1v) is 3.28. The minimum absolute atomic E-state index is 1.00. The molecule has 0 radical (unpaired) electrons. The number of nitrogens with two attached hydrogens (primary N) is 1. The highest BCUT2D eigenvalue weighted by Gasteiger charge is 1.93. The van der Waals surface area contributed by atoms with Crippen molar-refractivity contribution in [1.29, 1.82) is 0 Å². The summed E-state index contributed by atoms with van der Waals surface area (Å²) >= 11 is 0. The Balaban J connectivity index is 3.09. The number of hydrogen-bond donors (Lipinski definition) is 2. The van der Waals surface area contributed by atoms with Crippen LogP contribution in [0.15, 0.2) is 18.2 Å². The number of benzene rings is 1. The Hall–Kier alpha value is -1.02. The molecule has 1 aromatic rings. The second-order valence-corrected chi connectivity index (χ2v) is 2.46. The van der Waals surface area contributed by atoms with E-state index in [-0.39, 0.29) is 0 Å². The van der Waals surface area contributed by atoms with Crippen LogP contribution in [0.4, 0.5) is 5.69 Å². The lowest BCUT2D eigenvalue weighted by Gasteiger charge is -2.04. The molecule has 0 aliphatic carbocycles. The fourth-order valence-electron chi connectivity index (χ4n) is 0.891. The molecule has 0 bridgehead atoms. The van der Waals surface area contributed by atoms with Crippen molar-refractivity contribution in [2.45, 2.75) is 13.8 Å². The Labute approximate surface area is 61.0 Å². The Bertz CT molecular complexity index is 231. The van der Waals surface area contributed by atoms with Crippen LogP contribution in [0.3, 0.4) is 0 Å². The van der Waals surface area contributed by atoms with E-state index in [2.05, 4.69) is 11.5 Å². The van der Waals surface area contributed by atoms with Gasteiger partial charge in [0.2, 0.25) is 0 Å². The van der Waals surface area contributed by atoms with Crippen molar-refractivity contribution in [3.8, 4) is 0 Å². The third-order valence-electron chi connectivity index (χ3n) is 1.55. The van der Waals surface area contributed by atoms with Crippen LogP contribution in [0.25, 0.3) is 0 Å². The number of hydrazine groups is 1. The first kappa shape index (κ1) is 7.09. The van der Waals surface area contributed by atoms with Crippen LogP contribution in [0.5, 0.6) is 0 Å². The van der Waals surface area contributed by atoms with Crippen molar-refractivity contribution in [3.63, 3.8) is 0 Å². The largest absolute Gasteiger partial charge is 0.324 e. The molecule has 54 valence electrons. The van der Waals surface area contributed by atoms with Crippen LogP contribution < -0.4 is 11.3 Å². The molecule has 0 fully saturated rings. The van der Waals surface area contributed by atoms with Crippen LogP contribution >= 0.6 is 0 Å². The number of aryl methyl sites for hydroxylation is 2. The molecule has 0 spiro atoms. The highest BCUT2D eigenvalue weighted by Crippen LogP contribution is 2.14. The zero-order chi connectivity index (χ0) is 7.56. The molecule has 0 aliphatic rings. The Morgan fingerprint density at radius 3 is 2.50 bits per heavy atom. The van der Waals surface area contributed by atoms with Gasteiger partial charge in [-0.2, -0.15) is 0 Å². The maximum absolute atomic E-state index is 5.27. The predicted octanol–water partition coefficient (Wildman–Crippen LogP) is 1.59. The van der Waals surface area contributed by atoms with E-state index in [1.807, 2.05) is 26.0 Å². The SMILES string of the molecule is Cc1ccc(C)c(NN)c1. The van der Waals surface area contributed by atoms with Crippen molar-refractivity contribution in [2.24, 2.45) is 5.84 Å². The molecular weight excluding hydrogens is 124 g/mol. The summed E-state index contributed by atoms with van der Waals surface area (Å²) < 4.78 is 0. The molecule has 0 heterocycles. The van der Waals surface area contributed by atoms with Gasteiger partial charge < -0.3 is 5.43 Å². The summed E-state index contributed by atoms with van der Waals surface area (Å²) in [4.78, 5) is 0. The Morgan fingerprint density at radius 1 is 1.30 bits per heavy atom. The first-order valence-electron chi connectivity index (χ1n) is 3.28. The normalized spacial score (nSPS) is 9.50. The Kier molecular flexibility index (Phi) is 1.92. The number of nitrogens with one attached hydrogen (secondary N) is 1. The van der Waals surface area contributed by atoms with Crippen molar-refractivity contribution < 1.29 is 0 Å². The summed E-state index contributed by atoms with van der Waals surface area (Å²) in [5.74, 6) is 5.27. The van der Waals surface area contributed by atoms with Gasteiger partial charge in [-0.05, 0) is 31.0 Å². The number of rotatable bonds is 1. The molecule has 0 unspecified atom stereocenters. The minimum Gasteiger partial charge on any atom is -0.324 e. The number of anilines is 1. The van der Waals surface area contributed by atoms with E-state index in [4.69, 9.17) is 5.84 Å². The van der Waals surface area contributed by atoms with Crippen LogP contribution in [0.2, 0.25) is 0 Å². The van der Waals surface area contributed by atoms with E-state index < -0.39 is 0 Å². The standard InChI is InChI=1S/C8H12N2/c1-6-3-4-7(2)8(5-6)10-9/h3-5,10H,9H2,1-2H3. The lowest BCUT2D eigenvalue weighted by molar-refractivity contribution is 1.29. The molecule has 1 rings (SSSR count). The van der Waals surface area contributed by atoms with Crippen molar-refractivity contribution in [3.05, 3.63) is 29.3 Å². The van der Waals surface area contributed by atoms with Gasteiger partial charge in [0.1, 0.15) is 0 Å². The van der Waals surface area contributed by atoms with E-state index >= 15 is 0 Å². The summed E-state index contributed by atoms with van der Waals surface area (Å²) in [5.41, 5.74) is 6.03.